The van der Waals surface area contributed by atoms with Crippen LogP contribution in [0.15, 0.2) is 24.3 Å². The molecule has 2 heterocycles. The summed E-state index contributed by atoms with van der Waals surface area (Å²) in [7, 11) is 1.59. The molecule has 0 saturated carbocycles. The van der Waals surface area contributed by atoms with Gasteiger partial charge in [-0.3, -0.25) is 9.78 Å². The normalized spacial score (nSPS) is 20.5. The van der Waals surface area contributed by atoms with E-state index in [2.05, 4.69) is 4.98 Å². The van der Waals surface area contributed by atoms with Gasteiger partial charge in [-0.05, 0) is 32.0 Å². The summed E-state index contributed by atoms with van der Waals surface area (Å²) in [6.07, 6.45) is -1.34. The highest BCUT2D eigenvalue weighted by molar-refractivity contribution is 5.99. The van der Waals surface area contributed by atoms with Gasteiger partial charge in [0.15, 0.2) is 6.10 Å². The van der Waals surface area contributed by atoms with Gasteiger partial charge in [-0.2, -0.15) is 0 Å². The highest BCUT2D eigenvalue weighted by Crippen LogP contribution is 2.23. The summed E-state index contributed by atoms with van der Waals surface area (Å²) in [6, 6.07) is 7.26. The van der Waals surface area contributed by atoms with Crippen LogP contribution in [0.5, 0.6) is 5.75 Å². The first-order chi connectivity index (χ1) is 11.9. The second-order valence-electron chi connectivity index (χ2n) is 6.16. The Hall–Kier alpha value is -2.67. The number of pyridine rings is 1. The lowest BCUT2D eigenvalue weighted by atomic mass is 10.1. The van der Waals surface area contributed by atoms with Crippen LogP contribution in [0, 0.1) is 6.92 Å². The number of methoxy groups -OCH3 is 1. The number of aliphatic carboxylic acids is 1. The molecule has 7 nitrogen and oxygen atoms in total. The van der Waals surface area contributed by atoms with E-state index in [-0.39, 0.29) is 18.6 Å². The zero-order valence-corrected chi connectivity index (χ0v) is 14.4. The van der Waals surface area contributed by atoms with Crippen LogP contribution in [0.1, 0.15) is 23.0 Å². The molecule has 1 saturated heterocycles. The Morgan fingerprint density at radius 2 is 2.08 bits per heavy atom. The molecule has 0 spiro atoms. The Labute approximate surface area is 145 Å². The van der Waals surface area contributed by atoms with Crippen molar-refractivity contribution in [2.24, 2.45) is 0 Å². The zero-order chi connectivity index (χ0) is 18.1. The molecule has 1 aromatic heterocycles. The SMILES string of the molecule is COc1ccc2cc(C(=O)N3CC(C(=O)O)O[C@H](C)C3)c(C)nc2c1. The molecule has 3 rings (SSSR count). The quantitative estimate of drug-likeness (QED) is 0.914. The van der Waals surface area contributed by atoms with Crippen molar-refractivity contribution in [3.63, 3.8) is 0 Å². The molecule has 1 N–H and O–H groups in total. The van der Waals surface area contributed by atoms with Gasteiger partial charge in [-0.25, -0.2) is 4.79 Å². The maximum atomic E-state index is 12.9. The largest absolute Gasteiger partial charge is 0.497 e. The lowest BCUT2D eigenvalue weighted by Gasteiger charge is -2.35. The molecule has 0 radical (unpaired) electrons. The van der Waals surface area contributed by atoms with Crippen molar-refractivity contribution in [1.82, 2.24) is 9.88 Å². The van der Waals surface area contributed by atoms with Crippen molar-refractivity contribution in [2.45, 2.75) is 26.1 Å². The number of nitrogens with zero attached hydrogens (tertiary/aromatic N) is 2. The van der Waals surface area contributed by atoms with Crippen LogP contribution in [0.3, 0.4) is 0 Å². The molecule has 1 fully saturated rings. The number of carboxylic acid groups (broad SMARTS) is 1. The molecule has 7 heteroatoms. The second-order valence-corrected chi connectivity index (χ2v) is 6.16. The van der Waals surface area contributed by atoms with Crippen molar-refractivity contribution < 1.29 is 24.2 Å². The summed E-state index contributed by atoms with van der Waals surface area (Å²) < 4.78 is 10.6. The van der Waals surface area contributed by atoms with Crippen molar-refractivity contribution in [3.8, 4) is 5.75 Å². The topological polar surface area (TPSA) is 89.0 Å². The van der Waals surface area contributed by atoms with Gasteiger partial charge in [0.1, 0.15) is 5.75 Å². The molecule has 2 aromatic rings. The van der Waals surface area contributed by atoms with Crippen LogP contribution in [-0.2, 0) is 9.53 Å². The molecule has 0 aliphatic carbocycles. The van der Waals surface area contributed by atoms with Crippen LogP contribution in [-0.4, -0.2) is 59.3 Å². The Morgan fingerprint density at radius 3 is 2.76 bits per heavy atom. The Bertz CT molecular complexity index is 836. The summed E-state index contributed by atoms with van der Waals surface area (Å²) in [5.74, 6) is -0.598. The number of hydrogen-bond donors (Lipinski definition) is 1. The number of ether oxygens (including phenoxy) is 2. The van der Waals surface area contributed by atoms with Crippen LogP contribution in [0.4, 0.5) is 0 Å². The molecule has 25 heavy (non-hydrogen) atoms. The molecule has 1 amide bonds. The zero-order valence-electron chi connectivity index (χ0n) is 14.4. The van der Waals surface area contributed by atoms with E-state index >= 15 is 0 Å². The number of fused-ring (bicyclic) bond motifs is 1. The third-order valence-electron chi connectivity index (χ3n) is 4.27. The average molecular weight is 344 g/mol. The maximum Gasteiger partial charge on any atom is 0.334 e. The third-order valence-corrected chi connectivity index (χ3v) is 4.27. The summed E-state index contributed by atoms with van der Waals surface area (Å²) >= 11 is 0. The summed E-state index contributed by atoms with van der Waals surface area (Å²) in [6.45, 7) is 3.90. The first kappa shape index (κ1) is 17.2. The molecule has 0 bridgehead atoms. The van der Waals surface area contributed by atoms with Gasteiger partial charge < -0.3 is 19.5 Å². The van der Waals surface area contributed by atoms with Gasteiger partial charge in [-0.1, -0.05) is 0 Å². The number of carbonyl (C=O) groups is 2. The molecule has 1 aliphatic heterocycles. The lowest BCUT2D eigenvalue weighted by Crippen LogP contribution is -2.51. The van der Waals surface area contributed by atoms with E-state index in [1.54, 1.807) is 27.0 Å². The highest BCUT2D eigenvalue weighted by atomic mass is 16.5. The van der Waals surface area contributed by atoms with Crippen LogP contribution >= 0.6 is 0 Å². The predicted octanol–water partition coefficient (Wildman–Crippen LogP) is 1.87. The predicted molar refractivity (Wildman–Crippen MR) is 90.9 cm³/mol. The molecule has 1 aromatic carbocycles. The number of amides is 1. The summed E-state index contributed by atoms with van der Waals surface area (Å²) in [4.78, 5) is 30.2. The fourth-order valence-electron chi connectivity index (χ4n) is 3.01. The smallest absolute Gasteiger partial charge is 0.334 e. The minimum Gasteiger partial charge on any atom is -0.497 e. The standard InChI is InChI=1S/C18H20N2O5/c1-10-8-20(9-16(25-10)18(22)23)17(21)14-6-12-4-5-13(24-3)7-15(12)19-11(14)2/h4-7,10,16H,8-9H2,1-3H3,(H,22,23)/t10-,16?/m1/s1. The van der Waals surface area contributed by atoms with Crippen molar-refractivity contribution >= 4 is 22.8 Å². The number of benzene rings is 1. The van der Waals surface area contributed by atoms with Gasteiger partial charge in [0.2, 0.25) is 0 Å². The van der Waals surface area contributed by atoms with Gasteiger partial charge in [-0.15, -0.1) is 0 Å². The van der Waals surface area contributed by atoms with Gasteiger partial charge in [0.25, 0.3) is 5.91 Å². The highest BCUT2D eigenvalue weighted by Gasteiger charge is 2.33. The van der Waals surface area contributed by atoms with E-state index in [1.807, 2.05) is 18.2 Å². The first-order valence-corrected chi connectivity index (χ1v) is 8.02. The molecular weight excluding hydrogens is 324 g/mol. The van der Waals surface area contributed by atoms with E-state index in [4.69, 9.17) is 9.47 Å². The van der Waals surface area contributed by atoms with Crippen LogP contribution in [0.2, 0.25) is 0 Å². The molecular formula is C18H20N2O5. The van der Waals surface area contributed by atoms with Crippen LogP contribution in [0.25, 0.3) is 10.9 Å². The molecule has 1 aliphatic rings. The first-order valence-electron chi connectivity index (χ1n) is 8.02. The number of hydrogen-bond acceptors (Lipinski definition) is 5. The Morgan fingerprint density at radius 1 is 1.32 bits per heavy atom. The number of carboxylic acids is 1. The Kier molecular flexibility index (Phi) is 4.59. The number of carbonyl (C=O) groups excluding carboxylic acids is 1. The number of rotatable bonds is 3. The van der Waals surface area contributed by atoms with E-state index in [9.17, 15) is 14.7 Å². The minimum atomic E-state index is -1.06. The van der Waals surface area contributed by atoms with Crippen molar-refractivity contribution in [2.75, 3.05) is 20.2 Å². The van der Waals surface area contributed by atoms with E-state index in [0.717, 1.165) is 10.9 Å². The van der Waals surface area contributed by atoms with Gasteiger partial charge in [0, 0.05) is 18.0 Å². The number of aromatic nitrogens is 1. The summed E-state index contributed by atoms with van der Waals surface area (Å²) in [5.41, 5.74) is 1.81. The van der Waals surface area contributed by atoms with Crippen LogP contribution < -0.4 is 4.74 Å². The van der Waals surface area contributed by atoms with E-state index in [0.29, 0.717) is 23.6 Å². The lowest BCUT2D eigenvalue weighted by molar-refractivity contribution is -0.160. The van der Waals surface area contributed by atoms with Gasteiger partial charge >= 0.3 is 5.97 Å². The van der Waals surface area contributed by atoms with E-state index < -0.39 is 12.1 Å². The third kappa shape index (κ3) is 3.41. The average Bonchev–Trinajstić information content (AvgIpc) is 2.59. The Balaban J connectivity index is 1.93. The molecule has 132 valence electrons. The maximum absolute atomic E-state index is 12.9. The molecule has 1 unspecified atom stereocenters. The summed E-state index contributed by atoms with van der Waals surface area (Å²) in [5, 5.41) is 10.0. The van der Waals surface area contributed by atoms with Gasteiger partial charge in [0.05, 0.1) is 36.5 Å². The number of aryl methyl sites for hydroxylation is 1. The van der Waals surface area contributed by atoms with Crippen molar-refractivity contribution in [1.29, 1.82) is 0 Å². The monoisotopic (exact) mass is 344 g/mol. The van der Waals surface area contributed by atoms with E-state index in [1.165, 1.54) is 4.90 Å². The van der Waals surface area contributed by atoms with Crippen molar-refractivity contribution in [3.05, 3.63) is 35.5 Å². The second kappa shape index (κ2) is 6.68. The molecule has 2 atom stereocenters. The minimum absolute atomic E-state index is 0.0264. The number of morpholine rings is 1. The fraction of sp³-hybridized carbons (Fsp3) is 0.389. The fourth-order valence-corrected chi connectivity index (χ4v) is 3.01.